The minimum Gasteiger partial charge on any atom is -0.388 e. The minimum atomic E-state index is -4.30. The number of alkyl halides is 3. The Balaban J connectivity index is 1.79. The third-order valence-electron chi connectivity index (χ3n) is 4.77. The lowest BCUT2D eigenvalue weighted by Crippen LogP contribution is -2.45. The third-order valence-corrected chi connectivity index (χ3v) is 5.01. The van der Waals surface area contributed by atoms with Crippen molar-refractivity contribution < 1.29 is 18.3 Å². The number of pyridine rings is 1. The van der Waals surface area contributed by atoms with Crippen molar-refractivity contribution in [1.82, 2.24) is 4.98 Å². The summed E-state index contributed by atoms with van der Waals surface area (Å²) in [4.78, 5) is 4.35. The highest BCUT2D eigenvalue weighted by atomic mass is 35.5. The van der Waals surface area contributed by atoms with Crippen LogP contribution in [0.5, 0.6) is 0 Å². The topological polar surface area (TPSA) is 68.9 Å². The number of aromatic nitrogens is 1. The molecule has 1 heterocycles. The van der Waals surface area contributed by atoms with Gasteiger partial charge in [-0.3, -0.25) is 0 Å². The number of nitrogens with one attached hydrogen (secondary N) is 1. The van der Waals surface area contributed by atoms with E-state index < -0.39 is 17.7 Å². The van der Waals surface area contributed by atoms with Crippen molar-refractivity contribution in [1.29, 1.82) is 5.26 Å². The first-order chi connectivity index (χ1) is 12.2. The fraction of sp³-hybridized carbons (Fsp3) is 0.444. The molecule has 138 valence electrons. The van der Waals surface area contributed by atoms with Gasteiger partial charge in [0.05, 0.1) is 28.7 Å². The van der Waals surface area contributed by atoms with E-state index in [2.05, 4.69) is 16.4 Å². The molecule has 1 aromatic heterocycles. The van der Waals surface area contributed by atoms with E-state index >= 15 is 0 Å². The summed E-state index contributed by atoms with van der Waals surface area (Å²) in [5, 5.41) is 23.9. The first kappa shape index (κ1) is 18.7. The molecule has 2 unspecified atom stereocenters. The van der Waals surface area contributed by atoms with Crippen LogP contribution in [0.3, 0.4) is 0 Å². The molecule has 2 aromatic rings. The second-order valence-corrected chi connectivity index (χ2v) is 7.18. The smallest absolute Gasteiger partial charge is 0.388 e. The molecule has 1 aliphatic rings. The van der Waals surface area contributed by atoms with E-state index in [9.17, 15) is 23.5 Å². The van der Waals surface area contributed by atoms with E-state index in [0.29, 0.717) is 40.1 Å². The number of anilines is 1. The maximum absolute atomic E-state index is 13.0. The second kappa shape index (κ2) is 6.93. The molecule has 1 fully saturated rings. The number of rotatable bonds is 3. The summed E-state index contributed by atoms with van der Waals surface area (Å²) in [5.74, 6) is -1.16. The molecule has 0 spiro atoms. The van der Waals surface area contributed by atoms with Crippen LogP contribution in [0.15, 0.2) is 24.3 Å². The van der Waals surface area contributed by atoms with Crippen molar-refractivity contribution in [2.24, 2.45) is 5.92 Å². The van der Waals surface area contributed by atoms with Crippen LogP contribution < -0.4 is 5.32 Å². The summed E-state index contributed by atoms with van der Waals surface area (Å²) in [6.07, 6.45) is -3.99. The highest BCUT2D eigenvalue weighted by Gasteiger charge is 2.46. The standard InChI is InChI=1S/C18H17ClF3N3O/c19-13-3-4-15-14(7-13)11(9-23)6-16(25-15)24-10-17(26)5-1-2-12(8-17)18(20,21)22/h3-4,6-7,12,26H,1-2,5,8,10H2,(H,24,25). The first-order valence-corrected chi connectivity index (χ1v) is 8.61. The lowest BCUT2D eigenvalue weighted by atomic mass is 9.77. The Bertz CT molecular complexity index is 865. The molecule has 0 amide bonds. The van der Waals surface area contributed by atoms with E-state index in [1.807, 2.05) is 0 Å². The molecule has 2 atom stereocenters. The van der Waals surface area contributed by atoms with Crippen LogP contribution in [-0.2, 0) is 0 Å². The lowest BCUT2D eigenvalue weighted by molar-refractivity contribution is -0.199. The van der Waals surface area contributed by atoms with Gasteiger partial charge in [0.15, 0.2) is 0 Å². The lowest BCUT2D eigenvalue weighted by Gasteiger charge is -2.37. The number of hydrogen-bond donors (Lipinski definition) is 2. The Hall–Kier alpha value is -2.04. The van der Waals surface area contributed by atoms with E-state index in [1.165, 1.54) is 6.07 Å². The predicted octanol–water partition coefficient (Wildman–Crippen LogP) is 4.66. The Morgan fingerprint density at radius 1 is 1.38 bits per heavy atom. The maximum Gasteiger partial charge on any atom is 0.391 e. The number of nitriles is 1. The summed E-state index contributed by atoms with van der Waals surface area (Å²) in [5.41, 5.74) is -0.564. The average Bonchev–Trinajstić information content (AvgIpc) is 2.59. The monoisotopic (exact) mass is 383 g/mol. The molecule has 1 aromatic carbocycles. The SMILES string of the molecule is N#Cc1cc(NCC2(O)CCCC(C(F)(F)F)C2)nc2ccc(Cl)cc12. The van der Waals surface area contributed by atoms with Crippen LogP contribution in [0.4, 0.5) is 19.0 Å². The molecule has 8 heteroatoms. The van der Waals surface area contributed by atoms with Crippen LogP contribution in [-0.4, -0.2) is 28.4 Å². The number of halogens is 4. The molecular formula is C18H17ClF3N3O. The van der Waals surface area contributed by atoms with Gasteiger partial charge >= 0.3 is 6.18 Å². The van der Waals surface area contributed by atoms with Gasteiger partial charge in [-0.05, 0) is 49.9 Å². The number of benzene rings is 1. The van der Waals surface area contributed by atoms with Crippen LogP contribution in [0.1, 0.15) is 31.2 Å². The van der Waals surface area contributed by atoms with Crippen LogP contribution in [0.25, 0.3) is 10.9 Å². The van der Waals surface area contributed by atoms with Crippen LogP contribution >= 0.6 is 11.6 Å². The highest BCUT2D eigenvalue weighted by Crippen LogP contribution is 2.41. The van der Waals surface area contributed by atoms with Gasteiger partial charge in [0, 0.05) is 17.0 Å². The largest absolute Gasteiger partial charge is 0.391 e. The molecule has 0 radical (unpaired) electrons. The number of aliphatic hydroxyl groups is 1. The van der Waals surface area contributed by atoms with Crippen molar-refractivity contribution in [2.45, 2.75) is 37.5 Å². The summed E-state index contributed by atoms with van der Waals surface area (Å²) in [6.45, 7) is -0.0590. The van der Waals surface area contributed by atoms with Gasteiger partial charge in [-0.2, -0.15) is 18.4 Å². The van der Waals surface area contributed by atoms with E-state index in [1.54, 1.807) is 18.2 Å². The number of nitrogens with zero attached hydrogens (tertiary/aromatic N) is 2. The molecule has 0 bridgehead atoms. The molecule has 4 nitrogen and oxygen atoms in total. The van der Waals surface area contributed by atoms with Crippen LogP contribution in [0.2, 0.25) is 5.02 Å². The second-order valence-electron chi connectivity index (χ2n) is 6.74. The summed E-state index contributed by atoms with van der Waals surface area (Å²) in [6, 6.07) is 8.51. The van der Waals surface area contributed by atoms with Crippen molar-refractivity contribution in [3.05, 3.63) is 34.9 Å². The zero-order valence-corrected chi connectivity index (χ0v) is 14.5. The molecule has 1 saturated carbocycles. The average molecular weight is 384 g/mol. The molecule has 0 aliphatic heterocycles. The zero-order valence-electron chi connectivity index (χ0n) is 13.8. The first-order valence-electron chi connectivity index (χ1n) is 8.24. The maximum atomic E-state index is 13.0. The van der Waals surface area contributed by atoms with Gasteiger partial charge in [0.2, 0.25) is 0 Å². The van der Waals surface area contributed by atoms with Gasteiger partial charge in [-0.15, -0.1) is 0 Å². The van der Waals surface area contributed by atoms with Crippen molar-refractivity contribution in [2.75, 3.05) is 11.9 Å². The number of fused-ring (bicyclic) bond motifs is 1. The predicted molar refractivity (Wildman–Crippen MR) is 92.9 cm³/mol. The van der Waals surface area contributed by atoms with Crippen molar-refractivity contribution in [3.63, 3.8) is 0 Å². The van der Waals surface area contributed by atoms with Gasteiger partial charge in [-0.1, -0.05) is 11.6 Å². The fourth-order valence-corrected chi connectivity index (χ4v) is 3.59. The fourth-order valence-electron chi connectivity index (χ4n) is 3.42. The Kier molecular flexibility index (Phi) is 5.00. The Morgan fingerprint density at radius 3 is 2.85 bits per heavy atom. The van der Waals surface area contributed by atoms with Crippen molar-refractivity contribution in [3.8, 4) is 6.07 Å². The highest BCUT2D eigenvalue weighted by molar-refractivity contribution is 6.31. The summed E-state index contributed by atoms with van der Waals surface area (Å²) >= 11 is 5.94. The van der Waals surface area contributed by atoms with E-state index in [0.717, 1.165) is 0 Å². The van der Waals surface area contributed by atoms with Gasteiger partial charge in [0.1, 0.15) is 5.82 Å². The van der Waals surface area contributed by atoms with Crippen molar-refractivity contribution >= 4 is 28.3 Å². The zero-order chi connectivity index (χ0) is 18.9. The third kappa shape index (κ3) is 4.02. The molecule has 26 heavy (non-hydrogen) atoms. The molecule has 3 rings (SSSR count). The van der Waals surface area contributed by atoms with E-state index in [4.69, 9.17) is 11.6 Å². The molecule has 1 aliphatic carbocycles. The Labute approximate surface area is 153 Å². The summed E-state index contributed by atoms with van der Waals surface area (Å²) < 4.78 is 38.9. The molecular weight excluding hydrogens is 367 g/mol. The molecule has 2 N–H and O–H groups in total. The van der Waals surface area contributed by atoms with E-state index in [-0.39, 0.29) is 19.4 Å². The van der Waals surface area contributed by atoms with Crippen LogP contribution in [0, 0.1) is 17.2 Å². The normalized spacial score (nSPS) is 23.6. The Morgan fingerprint density at radius 2 is 2.15 bits per heavy atom. The quantitative estimate of drug-likeness (QED) is 0.809. The summed E-state index contributed by atoms with van der Waals surface area (Å²) in [7, 11) is 0. The minimum absolute atomic E-state index is 0.0410. The number of hydrogen-bond acceptors (Lipinski definition) is 4. The van der Waals surface area contributed by atoms with Gasteiger partial charge < -0.3 is 10.4 Å². The van der Waals surface area contributed by atoms with Gasteiger partial charge in [-0.25, -0.2) is 4.98 Å². The molecule has 0 saturated heterocycles. The van der Waals surface area contributed by atoms with Gasteiger partial charge in [0.25, 0.3) is 0 Å².